The third-order valence-corrected chi connectivity index (χ3v) is 4.95. The van der Waals surface area contributed by atoms with Crippen molar-refractivity contribution in [2.45, 2.75) is 47.5 Å². The summed E-state index contributed by atoms with van der Waals surface area (Å²) in [6, 6.07) is 5.40. The van der Waals surface area contributed by atoms with Crippen molar-refractivity contribution in [3.63, 3.8) is 0 Å². The third kappa shape index (κ3) is 5.43. The highest BCUT2D eigenvalue weighted by Crippen LogP contribution is 2.20. The second-order valence-electron chi connectivity index (χ2n) is 7.15. The summed E-state index contributed by atoms with van der Waals surface area (Å²) in [4.78, 5) is 51.5. The van der Waals surface area contributed by atoms with Gasteiger partial charge in [-0.1, -0.05) is 12.1 Å². The number of ketones is 2. The highest BCUT2D eigenvalue weighted by Gasteiger charge is 2.23. The van der Waals surface area contributed by atoms with Gasteiger partial charge in [0.15, 0.2) is 12.4 Å². The molecule has 0 aliphatic carbocycles. The van der Waals surface area contributed by atoms with Crippen LogP contribution in [0.15, 0.2) is 18.2 Å². The highest BCUT2D eigenvalue weighted by molar-refractivity contribution is 6.03. The Hall–Kier alpha value is -3.22. The monoisotopic (exact) mass is 413 g/mol. The topological polar surface area (TPSA) is 103 Å². The number of esters is 2. The molecule has 1 heterocycles. The van der Waals surface area contributed by atoms with Gasteiger partial charge in [-0.2, -0.15) is 0 Å². The quantitative estimate of drug-likeness (QED) is 0.495. The van der Waals surface area contributed by atoms with Crippen LogP contribution in [0.5, 0.6) is 0 Å². The zero-order valence-corrected chi connectivity index (χ0v) is 18.0. The van der Waals surface area contributed by atoms with E-state index in [0.717, 1.165) is 11.1 Å². The van der Waals surface area contributed by atoms with Gasteiger partial charge in [-0.15, -0.1) is 0 Å². The number of benzene rings is 1. The van der Waals surface area contributed by atoms with Crippen LogP contribution < -0.4 is 0 Å². The first-order chi connectivity index (χ1) is 14.1. The molecule has 1 aromatic carbocycles. The Morgan fingerprint density at radius 2 is 1.60 bits per heavy atom. The lowest BCUT2D eigenvalue weighted by Gasteiger charge is -2.06. The van der Waals surface area contributed by atoms with Crippen LogP contribution >= 0.6 is 0 Å². The minimum atomic E-state index is -0.628. The molecule has 0 saturated carbocycles. The predicted molar refractivity (Wildman–Crippen MR) is 111 cm³/mol. The van der Waals surface area contributed by atoms with E-state index >= 15 is 0 Å². The average molecular weight is 413 g/mol. The summed E-state index contributed by atoms with van der Waals surface area (Å²) < 4.78 is 10.0. The van der Waals surface area contributed by atoms with Gasteiger partial charge in [0.1, 0.15) is 5.69 Å². The molecule has 0 atom stereocenters. The van der Waals surface area contributed by atoms with E-state index in [9.17, 15) is 19.2 Å². The number of aromatic amines is 1. The summed E-state index contributed by atoms with van der Waals surface area (Å²) in [5, 5.41) is 0. The zero-order valence-electron chi connectivity index (χ0n) is 18.0. The molecule has 160 valence electrons. The van der Waals surface area contributed by atoms with Gasteiger partial charge < -0.3 is 14.5 Å². The molecule has 0 unspecified atom stereocenters. The molecule has 0 saturated heterocycles. The van der Waals surface area contributed by atoms with Crippen LogP contribution in [0.2, 0.25) is 0 Å². The normalized spacial score (nSPS) is 10.6. The van der Waals surface area contributed by atoms with Gasteiger partial charge in [-0.3, -0.25) is 14.4 Å². The first-order valence-corrected chi connectivity index (χ1v) is 9.81. The second-order valence-corrected chi connectivity index (χ2v) is 7.15. The first kappa shape index (κ1) is 23.1. The number of aromatic nitrogens is 1. The van der Waals surface area contributed by atoms with Crippen LogP contribution in [0.1, 0.15) is 73.4 Å². The summed E-state index contributed by atoms with van der Waals surface area (Å²) in [6.45, 7) is 8.63. The number of Topliss-reactive ketones (excluding diaryl/α,β-unsaturated/α-hetero) is 2. The third-order valence-electron chi connectivity index (χ3n) is 4.95. The molecule has 0 fully saturated rings. The lowest BCUT2D eigenvalue weighted by molar-refractivity contribution is -0.142. The number of carbonyl (C=O) groups excluding carboxylic acids is 4. The maximum atomic E-state index is 12.5. The molecule has 0 bridgehead atoms. The Balaban J connectivity index is 1.92. The Bertz CT molecular complexity index is 986. The average Bonchev–Trinajstić information content (AvgIpc) is 3.00. The fourth-order valence-electron chi connectivity index (χ4n) is 3.14. The minimum Gasteiger partial charge on any atom is -0.461 e. The predicted octanol–water partition coefficient (Wildman–Crippen LogP) is 3.81. The highest BCUT2D eigenvalue weighted by atomic mass is 16.5. The standard InChI is InChI=1S/C23H27NO6/c1-6-29-23(28)22-15(4)21(16(5)24-22)19(26)12-30-20(27)10-9-18(25)17-8-7-13(2)14(3)11-17/h7-8,11,24H,6,9-10,12H2,1-5H3. The van der Waals surface area contributed by atoms with E-state index in [4.69, 9.17) is 9.47 Å². The van der Waals surface area contributed by atoms with E-state index in [1.54, 1.807) is 32.9 Å². The minimum absolute atomic E-state index is 0.00470. The molecule has 0 spiro atoms. The second kappa shape index (κ2) is 10.0. The maximum absolute atomic E-state index is 12.5. The van der Waals surface area contributed by atoms with Gasteiger partial charge in [-0.05, 0) is 57.4 Å². The van der Waals surface area contributed by atoms with Crippen LogP contribution in [0.3, 0.4) is 0 Å². The van der Waals surface area contributed by atoms with E-state index in [2.05, 4.69) is 4.98 Å². The van der Waals surface area contributed by atoms with Gasteiger partial charge in [0.05, 0.1) is 13.0 Å². The van der Waals surface area contributed by atoms with Crippen LogP contribution in [0.4, 0.5) is 0 Å². The number of aryl methyl sites for hydroxylation is 3. The zero-order chi connectivity index (χ0) is 22.4. The van der Waals surface area contributed by atoms with E-state index in [0.29, 0.717) is 22.4 Å². The largest absolute Gasteiger partial charge is 0.461 e. The summed E-state index contributed by atoms with van der Waals surface area (Å²) in [6.07, 6.45) is -0.108. The number of H-pyrrole nitrogens is 1. The Morgan fingerprint density at radius 1 is 0.900 bits per heavy atom. The summed E-state index contributed by atoms with van der Waals surface area (Å²) in [5.74, 6) is -1.75. The number of carbonyl (C=O) groups is 4. The van der Waals surface area contributed by atoms with Gasteiger partial charge in [-0.25, -0.2) is 4.79 Å². The number of ether oxygens (including phenoxy) is 2. The van der Waals surface area contributed by atoms with E-state index < -0.39 is 24.3 Å². The fraction of sp³-hybridized carbons (Fsp3) is 0.391. The molecule has 30 heavy (non-hydrogen) atoms. The maximum Gasteiger partial charge on any atom is 0.355 e. The Morgan fingerprint density at radius 3 is 2.23 bits per heavy atom. The smallest absolute Gasteiger partial charge is 0.355 e. The van der Waals surface area contributed by atoms with Crippen molar-refractivity contribution >= 4 is 23.5 Å². The van der Waals surface area contributed by atoms with E-state index in [1.165, 1.54) is 0 Å². The molecule has 7 heteroatoms. The van der Waals surface area contributed by atoms with E-state index in [1.807, 2.05) is 19.9 Å². The molecular weight excluding hydrogens is 386 g/mol. The lowest BCUT2D eigenvalue weighted by atomic mass is 10.0. The van der Waals surface area contributed by atoms with Crippen LogP contribution in [0.25, 0.3) is 0 Å². The molecule has 7 nitrogen and oxygen atoms in total. The molecule has 0 aliphatic heterocycles. The summed E-state index contributed by atoms with van der Waals surface area (Å²) >= 11 is 0. The van der Waals surface area contributed by atoms with Crippen molar-refractivity contribution in [1.29, 1.82) is 0 Å². The van der Waals surface area contributed by atoms with E-state index in [-0.39, 0.29) is 30.9 Å². The number of hydrogen-bond donors (Lipinski definition) is 1. The molecule has 2 rings (SSSR count). The Labute approximate surface area is 175 Å². The molecule has 2 aromatic rings. The van der Waals surface area contributed by atoms with Crippen molar-refractivity contribution in [1.82, 2.24) is 4.98 Å². The molecule has 0 aliphatic rings. The molecular formula is C23H27NO6. The van der Waals surface area contributed by atoms with Crippen molar-refractivity contribution in [3.8, 4) is 0 Å². The number of hydrogen-bond acceptors (Lipinski definition) is 6. The van der Waals surface area contributed by atoms with Crippen LogP contribution in [-0.2, 0) is 14.3 Å². The van der Waals surface area contributed by atoms with Crippen molar-refractivity contribution in [2.75, 3.05) is 13.2 Å². The van der Waals surface area contributed by atoms with Crippen molar-refractivity contribution in [3.05, 3.63) is 57.4 Å². The number of nitrogens with one attached hydrogen (secondary N) is 1. The van der Waals surface area contributed by atoms with Gasteiger partial charge in [0.25, 0.3) is 0 Å². The molecule has 1 N–H and O–H groups in total. The van der Waals surface area contributed by atoms with Gasteiger partial charge in [0, 0.05) is 23.2 Å². The van der Waals surface area contributed by atoms with Crippen molar-refractivity contribution in [2.24, 2.45) is 0 Å². The van der Waals surface area contributed by atoms with Gasteiger partial charge in [0.2, 0.25) is 5.78 Å². The molecule has 0 radical (unpaired) electrons. The van der Waals surface area contributed by atoms with Crippen LogP contribution in [0, 0.1) is 27.7 Å². The first-order valence-electron chi connectivity index (χ1n) is 9.81. The Kier molecular flexibility index (Phi) is 7.69. The fourth-order valence-corrected chi connectivity index (χ4v) is 3.14. The van der Waals surface area contributed by atoms with Crippen molar-refractivity contribution < 1.29 is 28.7 Å². The lowest BCUT2D eigenvalue weighted by Crippen LogP contribution is -2.16. The number of rotatable bonds is 9. The molecule has 0 amide bonds. The SMILES string of the molecule is CCOC(=O)c1[nH]c(C)c(C(=O)COC(=O)CCC(=O)c2ccc(C)c(C)c2)c1C. The van der Waals surface area contributed by atoms with Crippen LogP contribution in [-0.4, -0.2) is 41.7 Å². The van der Waals surface area contributed by atoms with Gasteiger partial charge >= 0.3 is 11.9 Å². The molecule has 1 aromatic heterocycles. The summed E-state index contributed by atoms with van der Waals surface area (Å²) in [7, 11) is 0. The summed E-state index contributed by atoms with van der Waals surface area (Å²) in [5.41, 5.74) is 4.12.